The molecule has 1 aliphatic rings. The molecule has 0 atom stereocenters. The minimum Gasteiger partial charge on any atom is -0.423 e. The lowest BCUT2D eigenvalue weighted by Gasteiger charge is -2.03. The van der Waals surface area contributed by atoms with Gasteiger partial charge in [-0.3, -0.25) is 0 Å². The van der Waals surface area contributed by atoms with Crippen molar-refractivity contribution < 1.29 is 9.05 Å². The Bertz CT molecular complexity index is 517. The molecular weight excluding hydrogens is 267 g/mol. The van der Waals surface area contributed by atoms with Crippen LogP contribution in [0.1, 0.15) is 11.1 Å². The first kappa shape index (κ1) is 11.6. The fraction of sp³-hybridized carbons (Fsp3) is 0. The SMILES string of the molecule is ClP1OC(c2ccccc2)=C(c2ccccc2)O1. The Morgan fingerprint density at radius 2 is 1.06 bits per heavy atom. The van der Waals surface area contributed by atoms with Gasteiger partial charge in [0.05, 0.1) is 0 Å². The van der Waals surface area contributed by atoms with Crippen molar-refractivity contribution in [2.75, 3.05) is 0 Å². The molecule has 0 bridgehead atoms. The highest BCUT2D eigenvalue weighted by Crippen LogP contribution is 2.58. The maximum absolute atomic E-state index is 5.98. The fourth-order valence-electron chi connectivity index (χ4n) is 1.79. The Kier molecular flexibility index (Phi) is 3.22. The van der Waals surface area contributed by atoms with Crippen molar-refractivity contribution in [3.05, 3.63) is 71.8 Å². The zero-order valence-corrected chi connectivity index (χ0v) is 11.1. The minimum atomic E-state index is -1.39. The van der Waals surface area contributed by atoms with Crippen LogP contribution in [0, 0.1) is 0 Å². The van der Waals surface area contributed by atoms with Gasteiger partial charge >= 0.3 is 7.73 Å². The molecule has 2 aromatic rings. The summed E-state index contributed by atoms with van der Waals surface area (Å²) in [6.45, 7) is 0. The summed E-state index contributed by atoms with van der Waals surface area (Å²) in [5.74, 6) is 1.42. The summed E-state index contributed by atoms with van der Waals surface area (Å²) >= 11 is 5.98. The van der Waals surface area contributed by atoms with Crippen molar-refractivity contribution in [1.82, 2.24) is 0 Å². The molecule has 2 nitrogen and oxygen atoms in total. The molecule has 0 aliphatic carbocycles. The topological polar surface area (TPSA) is 18.5 Å². The highest BCUT2D eigenvalue weighted by Gasteiger charge is 2.29. The van der Waals surface area contributed by atoms with Crippen LogP contribution in [0.25, 0.3) is 11.5 Å². The predicted molar refractivity (Wildman–Crippen MR) is 74.6 cm³/mol. The first-order valence-corrected chi connectivity index (χ1v) is 7.60. The third-order valence-corrected chi connectivity index (χ3v) is 3.67. The smallest absolute Gasteiger partial charge is 0.401 e. The minimum absolute atomic E-state index is 0.711. The van der Waals surface area contributed by atoms with Gasteiger partial charge in [0, 0.05) is 11.1 Å². The largest absolute Gasteiger partial charge is 0.423 e. The van der Waals surface area contributed by atoms with Gasteiger partial charge in [-0.2, -0.15) is 0 Å². The molecule has 1 heterocycles. The molecule has 3 rings (SSSR count). The summed E-state index contributed by atoms with van der Waals surface area (Å²) < 4.78 is 11.2. The van der Waals surface area contributed by atoms with Crippen molar-refractivity contribution in [3.8, 4) is 0 Å². The molecule has 4 heteroatoms. The molecule has 0 N–H and O–H groups in total. The molecule has 1 aliphatic heterocycles. The van der Waals surface area contributed by atoms with Gasteiger partial charge in [-0.25, -0.2) is 0 Å². The lowest BCUT2D eigenvalue weighted by molar-refractivity contribution is 0.519. The Morgan fingerprint density at radius 3 is 1.44 bits per heavy atom. The first-order chi connectivity index (χ1) is 8.84. The number of hydrogen-bond donors (Lipinski definition) is 0. The maximum Gasteiger partial charge on any atom is 0.401 e. The van der Waals surface area contributed by atoms with Crippen molar-refractivity contribution in [1.29, 1.82) is 0 Å². The number of halogens is 1. The van der Waals surface area contributed by atoms with E-state index in [1.54, 1.807) is 0 Å². The Labute approximate surface area is 112 Å². The second-order valence-corrected chi connectivity index (χ2v) is 5.40. The molecule has 0 unspecified atom stereocenters. The lowest BCUT2D eigenvalue weighted by atomic mass is 10.1. The third kappa shape index (κ3) is 2.22. The second-order valence-electron chi connectivity index (χ2n) is 3.79. The molecule has 0 aromatic heterocycles. The van der Waals surface area contributed by atoms with E-state index in [-0.39, 0.29) is 0 Å². The predicted octanol–water partition coefficient (Wildman–Crippen LogP) is 5.02. The van der Waals surface area contributed by atoms with Gasteiger partial charge in [-0.05, 0) is 11.2 Å². The van der Waals surface area contributed by atoms with Gasteiger partial charge in [0.1, 0.15) is 0 Å². The van der Waals surface area contributed by atoms with Crippen molar-refractivity contribution >= 4 is 30.5 Å². The summed E-state index contributed by atoms with van der Waals surface area (Å²) in [5.41, 5.74) is 1.95. The lowest BCUT2D eigenvalue weighted by Crippen LogP contribution is -1.87. The highest BCUT2D eigenvalue weighted by atomic mass is 35.7. The Balaban J connectivity index is 2.09. The average Bonchev–Trinajstić information content (AvgIpc) is 2.83. The van der Waals surface area contributed by atoms with Crippen LogP contribution in [0.15, 0.2) is 60.7 Å². The van der Waals surface area contributed by atoms with E-state index in [0.29, 0.717) is 11.5 Å². The normalized spacial score (nSPS) is 15.4. The van der Waals surface area contributed by atoms with Gasteiger partial charge in [0.25, 0.3) is 0 Å². The Morgan fingerprint density at radius 1 is 0.667 bits per heavy atom. The number of rotatable bonds is 2. The molecule has 2 aromatic carbocycles. The van der Waals surface area contributed by atoms with Gasteiger partial charge in [-0.1, -0.05) is 60.7 Å². The van der Waals surface area contributed by atoms with Crippen LogP contribution < -0.4 is 0 Å². The Hall–Kier alpha value is -1.50. The quantitative estimate of drug-likeness (QED) is 0.717. The molecule has 0 saturated carbocycles. The zero-order valence-electron chi connectivity index (χ0n) is 9.42. The molecule has 0 saturated heterocycles. The summed E-state index contributed by atoms with van der Waals surface area (Å²) in [7, 11) is -1.39. The third-order valence-electron chi connectivity index (χ3n) is 2.60. The molecule has 90 valence electrons. The van der Waals surface area contributed by atoms with E-state index in [0.717, 1.165) is 11.1 Å². The van der Waals surface area contributed by atoms with Crippen LogP contribution in [0.5, 0.6) is 0 Å². The van der Waals surface area contributed by atoms with E-state index >= 15 is 0 Å². The summed E-state index contributed by atoms with van der Waals surface area (Å²) in [6, 6.07) is 19.7. The van der Waals surface area contributed by atoms with Gasteiger partial charge in [0.2, 0.25) is 0 Å². The molecule has 0 spiro atoms. The van der Waals surface area contributed by atoms with Gasteiger partial charge < -0.3 is 9.05 Å². The van der Waals surface area contributed by atoms with E-state index in [2.05, 4.69) is 0 Å². The van der Waals surface area contributed by atoms with Crippen LogP contribution >= 0.6 is 19.0 Å². The maximum atomic E-state index is 5.98. The van der Waals surface area contributed by atoms with Crippen LogP contribution in [-0.4, -0.2) is 0 Å². The van der Waals surface area contributed by atoms with Crippen LogP contribution in [0.4, 0.5) is 0 Å². The monoisotopic (exact) mass is 276 g/mol. The molecule has 18 heavy (non-hydrogen) atoms. The second kappa shape index (κ2) is 5.01. The van der Waals surface area contributed by atoms with E-state index in [1.165, 1.54) is 0 Å². The van der Waals surface area contributed by atoms with Crippen LogP contribution in [0.3, 0.4) is 0 Å². The van der Waals surface area contributed by atoms with Gasteiger partial charge in [0.15, 0.2) is 11.5 Å². The zero-order chi connectivity index (χ0) is 12.4. The highest BCUT2D eigenvalue weighted by molar-refractivity contribution is 7.76. The first-order valence-electron chi connectivity index (χ1n) is 5.51. The van der Waals surface area contributed by atoms with Crippen molar-refractivity contribution in [3.63, 3.8) is 0 Å². The summed E-state index contributed by atoms with van der Waals surface area (Å²) in [5, 5.41) is 0. The van der Waals surface area contributed by atoms with Crippen molar-refractivity contribution in [2.24, 2.45) is 0 Å². The standard InChI is InChI=1S/C14H10ClO2P/c15-18-16-13(11-7-3-1-4-8-11)14(17-18)12-9-5-2-6-10-12/h1-10H. The van der Waals surface area contributed by atoms with E-state index < -0.39 is 7.73 Å². The molecule has 0 fully saturated rings. The van der Waals surface area contributed by atoms with E-state index in [4.69, 9.17) is 20.3 Å². The van der Waals surface area contributed by atoms with Crippen molar-refractivity contribution in [2.45, 2.75) is 0 Å². The number of hydrogen-bond acceptors (Lipinski definition) is 2. The van der Waals surface area contributed by atoms with Crippen LogP contribution in [0.2, 0.25) is 0 Å². The van der Waals surface area contributed by atoms with Gasteiger partial charge in [-0.15, -0.1) is 0 Å². The number of benzene rings is 2. The van der Waals surface area contributed by atoms with Crippen LogP contribution in [-0.2, 0) is 9.05 Å². The molecular formula is C14H10ClO2P. The summed E-state index contributed by atoms with van der Waals surface area (Å²) in [4.78, 5) is 0. The average molecular weight is 277 g/mol. The fourth-order valence-corrected chi connectivity index (χ4v) is 2.91. The van der Waals surface area contributed by atoms with E-state index in [1.807, 2.05) is 60.7 Å². The molecule has 0 amide bonds. The summed E-state index contributed by atoms with van der Waals surface area (Å²) in [6.07, 6.45) is 0. The van der Waals surface area contributed by atoms with E-state index in [9.17, 15) is 0 Å². The molecule has 0 radical (unpaired) electrons.